The first kappa shape index (κ1) is 25.8. The number of nitrogens with one attached hydrogen (secondary N) is 2. The van der Waals surface area contributed by atoms with Crippen LogP contribution in [0.3, 0.4) is 0 Å². The van der Waals surface area contributed by atoms with E-state index in [9.17, 15) is 4.79 Å². The minimum atomic E-state index is -0.180. The highest BCUT2D eigenvalue weighted by Crippen LogP contribution is 2.23. The van der Waals surface area contributed by atoms with Gasteiger partial charge in [0.2, 0.25) is 0 Å². The number of aryl methyl sites for hydroxylation is 1. The molecule has 2 aromatic heterocycles. The summed E-state index contributed by atoms with van der Waals surface area (Å²) in [5.41, 5.74) is 9.34. The van der Waals surface area contributed by atoms with Crippen LogP contribution in [0.5, 0.6) is 0 Å². The molecule has 3 rings (SSSR count). The molecule has 0 radical (unpaired) electrons. The molecule has 0 aliphatic carbocycles. The van der Waals surface area contributed by atoms with Gasteiger partial charge in [-0.15, -0.1) is 0 Å². The second kappa shape index (κ2) is 12.0. The number of methoxy groups -OCH3 is 1. The number of benzene rings is 1. The zero-order chi connectivity index (χ0) is 24.6. The standard InChI is InChI=1S/C24H35N7O2S/c1-24(2,3)17-6-8-18(9-7-17)30-23(32)26-11-5-13-34-14-19(33-4)10-12-31-16-29-20-21(25)27-15-28-22(20)31/h6-9,15-16,19H,5,10-14H2,1-4H3,(H2,25,27,28)(H2,26,30,32). The minimum absolute atomic E-state index is 0.0949. The van der Waals surface area contributed by atoms with Crippen LogP contribution in [0.4, 0.5) is 16.3 Å². The van der Waals surface area contributed by atoms with Crippen molar-refractivity contribution in [2.24, 2.45) is 0 Å². The van der Waals surface area contributed by atoms with E-state index in [1.165, 1.54) is 11.9 Å². The lowest BCUT2D eigenvalue weighted by Gasteiger charge is -2.19. The van der Waals surface area contributed by atoms with E-state index in [1.807, 2.05) is 28.5 Å². The van der Waals surface area contributed by atoms with Gasteiger partial charge in [0.15, 0.2) is 11.5 Å². The van der Waals surface area contributed by atoms with Crippen molar-refractivity contribution in [2.45, 2.75) is 51.7 Å². The number of hydrogen-bond acceptors (Lipinski definition) is 7. The third kappa shape index (κ3) is 7.33. The van der Waals surface area contributed by atoms with Crippen LogP contribution in [0, 0.1) is 0 Å². The van der Waals surface area contributed by atoms with Crippen LogP contribution in [0.15, 0.2) is 36.9 Å². The number of hydrogen-bond donors (Lipinski definition) is 3. The van der Waals surface area contributed by atoms with Gasteiger partial charge in [-0.2, -0.15) is 11.8 Å². The van der Waals surface area contributed by atoms with Crippen molar-refractivity contribution in [1.29, 1.82) is 0 Å². The molecule has 1 atom stereocenters. The molecule has 2 heterocycles. The van der Waals surface area contributed by atoms with E-state index in [4.69, 9.17) is 10.5 Å². The molecule has 0 aliphatic heterocycles. The number of thioether (sulfide) groups is 1. The maximum Gasteiger partial charge on any atom is 0.319 e. The Kier molecular flexibility index (Phi) is 9.12. The Labute approximate surface area is 205 Å². The Morgan fingerprint density at radius 2 is 1.97 bits per heavy atom. The largest absolute Gasteiger partial charge is 0.382 e. The molecule has 0 saturated carbocycles. The number of carbonyl (C=O) groups excluding carboxylic acids is 1. The van der Waals surface area contributed by atoms with Crippen molar-refractivity contribution >= 4 is 40.5 Å². The number of rotatable bonds is 11. The minimum Gasteiger partial charge on any atom is -0.382 e. The molecular formula is C24H35N7O2S. The number of nitrogens with zero attached hydrogens (tertiary/aromatic N) is 4. The van der Waals surface area contributed by atoms with Gasteiger partial charge in [0.05, 0.1) is 12.4 Å². The fraction of sp³-hybridized carbons (Fsp3) is 0.500. The van der Waals surface area contributed by atoms with Crippen molar-refractivity contribution in [3.05, 3.63) is 42.5 Å². The van der Waals surface area contributed by atoms with Gasteiger partial charge in [-0.05, 0) is 41.7 Å². The molecule has 10 heteroatoms. The summed E-state index contributed by atoms with van der Waals surface area (Å²) in [6.07, 6.45) is 5.05. The van der Waals surface area contributed by atoms with Gasteiger partial charge in [-0.1, -0.05) is 32.9 Å². The maximum absolute atomic E-state index is 12.1. The molecule has 2 amide bonds. The van der Waals surface area contributed by atoms with Gasteiger partial charge in [-0.3, -0.25) is 0 Å². The quantitative estimate of drug-likeness (QED) is 0.350. The molecule has 0 bridgehead atoms. The first-order valence-corrected chi connectivity index (χ1v) is 12.6. The van der Waals surface area contributed by atoms with Crippen LogP contribution in [-0.2, 0) is 16.7 Å². The van der Waals surface area contributed by atoms with Gasteiger partial charge < -0.3 is 25.7 Å². The smallest absolute Gasteiger partial charge is 0.319 e. The summed E-state index contributed by atoms with van der Waals surface area (Å²) in [7, 11) is 1.73. The Morgan fingerprint density at radius 3 is 2.68 bits per heavy atom. The Hall–Kier alpha value is -2.85. The Bertz CT molecular complexity index is 1060. The first-order chi connectivity index (χ1) is 16.3. The molecule has 184 valence electrons. The highest BCUT2D eigenvalue weighted by atomic mass is 32.2. The molecule has 0 fully saturated rings. The zero-order valence-electron chi connectivity index (χ0n) is 20.4. The lowest BCUT2D eigenvalue weighted by molar-refractivity contribution is 0.111. The van der Waals surface area contributed by atoms with E-state index >= 15 is 0 Å². The topological polar surface area (TPSA) is 120 Å². The van der Waals surface area contributed by atoms with E-state index in [2.05, 4.69) is 58.5 Å². The second-order valence-electron chi connectivity index (χ2n) is 9.15. The first-order valence-electron chi connectivity index (χ1n) is 11.4. The van der Waals surface area contributed by atoms with Gasteiger partial charge in [-0.25, -0.2) is 19.7 Å². The Morgan fingerprint density at radius 1 is 1.21 bits per heavy atom. The van der Waals surface area contributed by atoms with Crippen LogP contribution in [-0.4, -0.2) is 56.8 Å². The molecule has 4 N–H and O–H groups in total. The summed E-state index contributed by atoms with van der Waals surface area (Å²) in [4.78, 5) is 24.7. The Balaban J connectivity index is 1.30. The molecule has 1 aromatic carbocycles. The van der Waals surface area contributed by atoms with E-state index in [-0.39, 0.29) is 17.6 Å². The number of carbonyl (C=O) groups is 1. The molecule has 3 aromatic rings. The van der Waals surface area contributed by atoms with E-state index in [0.717, 1.165) is 42.2 Å². The highest BCUT2D eigenvalue weighted by molar-refractivity contribution is 7.99. The third-order valence-electron chi connectivity index (χ3n) is 5.52. The second-order valence-corrected chi connectivity index (χ2v) is 10.3. The zero-order valence-corrected chi connectivity index (χ0v) is 21.2. The van der Waals surface area contributed by atoms with Crippen LogP contribution in [0.1, 0.15) is 39.2 Å². The number of anilines is 2. The SMILES string of the molecule is COC(CCn1cnc2c(N)ncnc21)CSCCCNC(=O)Nc1ccc(C(C)(C)C)cc1. The van der Waals surface area contributed by atoms with Gasteiger partial charge in [0.1, 0.15) is 11.8 Å². The van der Waals surface area contributed by atoms with Crippen molar-refractivity contribution < 1.29 is 9.53 Å². The number of urea groups is 1. The predicted octanol–water partition coefficient (Wildman–Crippen LogP) is 4.06. The van der Waals surface area contributed by atoms with E-state index in [1.54, 1.807) is 13.4 Å². The molecule has 0 saturated heterocycles. The number of ether oxygens (including phenoxy) is 1. The molecule has 0 spiro atoms. The maximum atomic E-state index is 12.1. The van der Waals surface area contributed by atoms with Crippen LogP contribution in [0.25, 0.3) is 11.2 Å². The number of nitrogens with two attached hydrogens (primary N) is 1. The average Bonchev–Trinajstić information content (AvgIpc) is 3.22. The van der Waals surface area contributed by atoms with Crippen LogP contribution < -0.4 is 16.4 Å². The lowest BCUT2D eigenvalue weighted by Crippen LogP contribution is -2.29. The van der Waals surface area contributed by atoms with Crippen molar-refractivity contribution in [3.63, 3.8) is 0 Å². The van der Waals surface area contributed by atoms with Gasteiger partial charge >= 0.3 is 6.03 Å². The van der Waals surface area contributed by atoms with E-state index in [0.29, 0.717) is 17.9 Å². The normalized spacial score (nSPS) is 12.6. The highest BCUT2D eigenvalue weighted by Gasteiger charge is 2.14. The van der Waals surface area contributed by atoms with Gasteiger partial charge in [0.25, 0.3) is 0 Å². The number of aromatic nitrogens is 4. The number of fused-ring (bicyclic) bond motifs is 1. The lowest BCUT2D eigenvalue weighted by atomic mass is 9.87. The van der Waals surface area contributed by atoms with E-state index < -0.39 is 0 Å². The summed E-state index contributed by atoms with van der Waals surface area (Å²) in [6.45, 7) is 7.87. The summed E-state index contributed by atoms with van der Waals surface area (Å²) >= 11 is 1.82. The summed E-state index contributed by atoms with van der Waals surface area (Å²) in [5, 5.41) is 5.80. The van der Waals surface area contributed by atoms with Crippen molar-refractivity contribution in [1.82, 2.24) is 24.8 Å². The summed E-state index contributed by atoms with van der Waals surface area (Å²) < 4.78 is 7.61. The molecule has 0 aliphatic rings. The average molecular weight is 486 g/mol. The van der Waals surface area contributed by atoms with Gasteiger partial charge in [0, 0.05) is 31.6 Å². The number of amides is 2. The fourth-order valence-corrected chi connectivity index (χ4v) is 4.52. The summed E-state index contributed by atoms with van der Waals surface area (Å²) in [6, 6.07) is 7.80. The number of imidazole rings is 1. The van der Waals surface area contributed by atoms with Crippen LogP contribution in [0.2, 0.25) is 0 Å². The molecule has 34 heavy (non-hydrogen) atoms. The van der Waals surface area contributed by atoms with Crippen molar-refractivity contribution in [3.8, 4) is 0 Å². The molecule has 1 unspecified atom stereocenters. The summed E-state index contributed by atoms with van der Waals surface area (Å²) in [5.74, 6) is 2.22. The number of nitrogen functional groups attached to an aromatic ring is 1. The monoisotopic (exact) mass is 485 g/mol. The molecular weight excluding hydrogens is 450 g/mol. The fourth-order valence-electron chi connectivity index (χ4n) is 3.43. The van der Waals surface area contributed by atoms with Crippen molar-refractivity contribution in [2.75, 3.05) is 36.2 Å². The van der Waals surface area contributed by atoms with Crippen LogP contribution >= 0.6 is 11.8 Å². The third-order valence-corrected chi connectivity index (χ3v) is 6.70. The predicted molar refractivity (Wildman–Crippen MR) is 139 cm³/mol. The molecule has 9 nitrogen and oxygen atoms in total.